The Morgan fingerprint density at radius 1 is 1.03 bits per heavy atom. The first-order chi connectivity index (χ1) is 14.5. The highest BCUT2D eigenvalue weighted by atomic mass is 16.6. The van der Waals surface area contributed by atoms with E-state index in [2.05, 4.69) is 10.1 Å². The van der Waals surface area contributed by atoms with E-state index in [0.717, 1.165) is 0 Å². The number of rotatable bonds is 9. The molecule has 0 saturated carbocycles. The molecule has 0 amide bonds. The predicted octanol–water partition coefficient (Wildman–Crippen LogP) is 3.08. The number of methoxy groups -OCH3 is 2. The summed E-state index contributed by atoms with van der Waals surface area (Å²) in [7, 11) is 3.01. The van der Waals surface area contributed by atoms with Crippen molar-refractivity contribution >= 4 is 11.8 Å². The van der Waals surface area contributed by atoms with Crippen molar-refractivity contribution in [1.82, 2.24) is 10.1 Å². The molecule has 0 aliphatic heterocycles. The van der Waals surface area contributed by atoms with Crippen molar-refractivity contribution in [3.05, 3.63) is 53.9 Å². The van der Waals surface area contributed by atoms with E-state index in [4.69, 9.17) is 23.5 Å². The first kappa shape index (κ1) is 20.8. The summed E-state index contributed by atoms with van der Waals surface area (Å²) in [4.78, 5) is 27.6. The third-order valence-electron chi connectivity index (χ3n) is 4.07. The van der Waals surface area contributed by atoms with Crippen LogP contribution in [0.4, 0.5) is 0 Å². The number of ether oxygens (including phenoxy) is 4. The minimum atomic E-state index is -0.631. The molecule has 0 saturated heterocycles. The summed E-state index contributed by atoms with van der Waals surface area (Å²) >= 11 is 0. The van der Waals surface area contributed by atoms with Crippen LogP contribution in [0.1, 0.15) is 23.2 Å². The van der Waals surface area contributed by atoms with Gasteiger partial charge in [0.1, 0.15) is 5.75 Å². The highest BCUT2D eigenvalue weighted by molar-refractivity contribution is 5.94. The van der Waals surface area contributed by atoms with Gasteiger partial charge in [0.15, 0.2) is 30.5 Å². The van der Waals surface area contributed by atoms with Gasteiger partial charge in [-0.3, -0.25) is 4.79 Å². The van der Waals surface area contributed by atoms with E-state index in [1.807, 2.05) is 6.07 Å². The summed E-state index contributed by atoms with van der Waals surface area (Å²) in [6.07, 6.45) is 0. The number of Topliss-reactive ketones (excluding diaryl/α,β-unsaturated/α-hetero) is 1. The lowest BCUT2D eigenvalue weighted by Crippen LogP contribution is -2.15. The number of carbonyl (C=O) groups excluding carboxylic acids is 2. The number of esters is 1. The minimum Gasteiger partial charge on any atom is -0.497 e. The predicted molar refractivity (Wildman–Crippen MR) is 105 cm³/mol. The summed E-state index contributed by atoms with van der Waals surface area (Å²) < 4.78 is 26.0. The summed E-state index contributed by atoms with van der Waals surface area (Å²) in [6, 6.07) is 11.9. The normalized spacial score (nSPS) is 10.4. The van der Waals surface area contributed by atoms with Crippen molar-refractivity contribution in [3.8, 4) is 28.6 Å². The van der Waals surface area contributed by atoms with Gasteiger partial charge in [-0.15, -0.1) is 0 Å². The lowest BCUT2D eigenvalue weighted by Gasteiger charge is -2.11. The highest BCUT2D eigenvalue weighted by Crippen LogP contribution is 2.28. The van der Waals surface area contributed by atoms with Crippen LogP contribution in [0.3, 0.4) is 0 Å². The van der Waals surface area contributed by atoms with E-state index in [-0.39, 0.29) is 24.9 Å². The van der Waals surface area contributed by atoms with Gasteiger partial charge in [0, 0.05) is 11.1 Å². The van der Waals surface area contributed by atoms with Gasteiger partial charge >= 0.3 is 5.97 Å². The van der Waals surface area contributed by atoms with E-state index in [1.54, 1.807) is 43.5 Å². The van der Waals surface area contributed by atoms with E-state index < -0.39 is 5.97 Å². The Morgan fingerprint density at radius 3 is 2.60 bits per heavy atom. The zero-order valence-corrected chi connectivity index (χ0v) is 16.7. The Morgan fingerprint density at radius 2 is 1.87 bits per heavy atom. The second-order valence-corrected chi connectivity index (χ2v) is 6.11. The van der Waals surface area contributed by atoms with Crippen molar-refractivity contribution in [1.29, 1.82) is 0 Å². The van der Waals surface area contributed by atoms with Gasteiger partial charge in [0.2, 0.25) is 5.82 Å². The van der Waals surface area contributed by atoms with E-state index in [1.165, 1.54) is 14.0 Å². The van der Waals surface area contributed by atoms with Crippen LogP contribution < -0.4 is 14.2 Å². The summed E-state index contributed by atoms with van der Waals surface area (Å²) in [5.74, 6) is 1.08. The molecular weight excluding hydrogens is 392 g/mol. The molecule has 0 bridgehead atoms. The Kier molecular flexibility index (Phi) is 6.63. The molecule has 0 atom stereocenters. The third kappa shape index (κ3) is 5.13. The van der Waals surface area contributed by atoms with Gasteiger partial charge in [-0.2, -0.15) is 4.98 Å². The molecule has 0 N–H and O–H groups in total. The summed E-state index contributed by atoms with van der Waals surface area (Å²) in [6.45, 7) is 0.899. The molecule has 1 heterocycles. The topological polar surface area (TPSA) is 110 Å². The highest BCUT2D eigenvalue weighted by Gasteiger charge is 2.14. The van der Waals surface area contributed by atoms with Gasteiger partial charge in [-0.05, 0) is 37.3 Å². The second-order valence-electron chi connectivity index (χ2n) is 6.11. The number of ketones is 1. The maximum absolute atomic E-state index is 12.0. The van der Waals surface area contributed by atoms with Crippen molar-refractivity contribution < 1.29 is 33.1 Å². The standard InChI is InChI=1S/C21H20N2O7/c1-13(24)14-7-8-17(18(10-14)27-3)28-12-20(25)29-11-19-22-21(23-30-19)15-5-4-6-16(9-15)26-2/h4-10H,11-12H2,1-3H3. The van der Waals surface area contributed by atoms with Gasteiger partial charge in [-0.25, -0.2) is 4.79 Å². The van der Waals surface area contributed by atoms with Crippen LogP contribution in [0.5, 0.6) is 17.2 Å². The molecule has 1 aromatic heterocycles. The van der Waals surface area contributed by atoms with Gasteiger partial charge in [0.25, 0.3) is 5.89 Å². The SMILES string of the molecule is COc1cccc(-c2noc(COC(=O)COc3ccc(C(C)=O)cc3OC)n2)c1. The van der Waals surface area contributed by atoms with Crippen molar-refractivity contribution in [2.24, 2.45) is 0 Å². The van der Waals surface area contributed by atoms with Crippen molar-refractivity contribution in [2.45, 2.75) is 13.5 Å². The molecule has 0 radical (unpaired) electrons. The molecular formula is C21H20N2O7. The maximum Gasteiger partial charge on any atom is 0.344 e. The molecule has 0 aliphatic carbocycles. The van der Waals surface area contributed by atoms with Crippen molar-refractivity contribution in [2.75, 3.05) is 20.8 Å². The Hall–Kier alpha value is -3.88. The number of benzene rings is 2. The Balaban J connectivity index is 1.54. The number of hydrogen-bond acceptors (Lipinski definition) is 9. The Bertz CT molecular complexity index is 1050. The number of aromatic nitrogens is 2. The first-order valence-electron chi connectivity index (χ1n) is 8.94. The largest absolute Gasteiger partial charge is 0.497 e. The van der Waals surface area contributed by atoms with Crippen LogP contribution in [0.25, 0.3) is 11.4 Å². The van der Waals surface area contributed by atoms with Gasteiger partial charge in [0.05, 0.1) is 14.2 Å². The molecule has 30 heavy (non-hydrogen) atoms. The van der Waals surface area contributed by atoms with Gasteiger partial charge < -0.3 is 23.5 Å². The van der Waals surface area contributed by atoms with E-state index in [9.17, 15) is 9.59 Å². The van der Waals surface area contributed by atoms with Crippen LogP contribution in [-0.2, 0) is 16.1 Å². The molecule has 3 aromatic rings. The molecule has 9 nitrogen and oxygen atoms in total. The maximum atomic E-state index is 12.0. The quantitative estimate of drug-likeness (QED) is 0.387. The number of hydrogen-bond donors (Lipinski definition) is 0. The summed E-state index contributed by atoms with van der Waals surface area (Å²) in [5.41, 5.74) is 1.19. The minimum absolute atomic E-state index is 0.105. The fourth-order valence-corrected chi connectivity index (χ4v) is 2.52. The summed E-state index contributed by atoms with van der Waals surface area (Å²) in [5, 5.41) is 3.87. The van der Waals surface area contributed by atoms with E-state index >= 15 is 0 Å². The lowest BCUT2D eigenvalue weighted by molar-refractivity contribution is -0.148. The molecule has 2 aromatic carbocycles. The molecule has 0 aliphatic rings. The monoisotopic (exact) mass is 412 g/mol. The zero-order valence-electron chi connectivity index (χ0n) is 16.7. The Labute approximate surface area is 172 Å². The van der Waals surface area contributed by atoms with Crippen molar-refractivity contribution in [3.63, 3.8) is 0 Å². The van der Waals surface area contributed by atoms with Crippen LogP contribution in [0.2, 0.25) is 0 Å². The van der Waals surface area contributed by atoms with Crippen LogP contribution in [-0.4, -0.2) is 42.7 Å². The van der Waals surface area contributed by atoms with Crippen LogP contribution >= 0.6 is 0 Å². The third-order valence-corrected chi connectivity index (χ3v) is 4.07. The average Bonchev–Trinajstić information content (AvgIpc) is 3.25. The molecule has 0 fully saturated rings. The second kappa shape index (κ2) is 9.55. The molecule has 0 spiro atoms. The average molecular weight is 412 g/mol. The fourth-order valence-electron chi connectivity index (χ4n) is 2.52. The number of carbonyl (C=O) groups is 2. The molecule has 3 rings (SSSR count). The zero-order chi connectivity index (χ0) is 21.5. The lowest BCUT2D eigenvalue weighted by atomic mass is 10.1. The molecule has 0 unspecified atom stereocenters. The fraction of sp³-hybridized carbons (Fsp3) is 0.238. The van der Waals surface area contributed by atoms with Gasteiger partial charge in [-0.1, -0.05) is 17.3 Å². The van der Waals surface area contributed by atoms with Crippen LogP contribution in [0.15, 0.2) is 47.0 Å². The van der Waals surface area contributed by atoms with Crippen LogP contribution in [0, 0.1) is 0 Å². The van der Waals surface area contributed by atoms with E-state index in [0.29, 0.717) is 34.2 Å². The first-order valence-corrected chi connectivity index (χ1v) is 8.94. The number of nitrogens with zero attached hydrogens (tertiary/aromatic N) is 2. The molecule has 9 heteroatoms. The smallest absolute Gasteiger partial charge is 0.344 e. The molecule has 156 valence electrons.